The van der Waals surface area contributed by atoms with Crippen molar-refractivity contribution in [2.24, 2.45) is 11.1 Å². The zero-order valence-corrected chi connectivity index (χ0v) is 17.6. The zero-order valence-electron chi connectivity index (χ0n) is 16.8. The number of carbonyl (C=O) groups excluding carboxylic acids is 1. The highest BCUT2D eigenvalue weighted by Gasteiger charge is 2.45. The van der Waals surface area contributed by atoms with Crippen LogP contribution in [0, 0.1) is 41.9 Å². The Bertz CT molecular complexity index is 974. The molecule has 150 valence electrons. The van der Waals surface area contributed by atoms with Crippen molar-refractivity contribution in [2.45, 2.75) is 46.0 Å². The van der Waals surface area contributed by atoms with Gasteiger partial charge in [-0.2, -0.15) is 10.5 Å². The molecule has 0 unspecified atom stereocenters. The van der Waals surface area contributed by atoms with Crippen molar-refractivity contribution in [3.8, 4) is 12.1 Å². The standard InChI is InChI=1S/C22H25N5OS/c1-14-6-7-16(10-15(14)2)26-19(28)13-29-21-18(12-24)22(8-4-3-5-9-22)17(11-23)20(25)27-21/h6-7,10,27H,3-5,8-9,13,25H2,1-2H3,(H,26,28). The quantitative estimate of drug-likeness (QED) is 0.696. The van der Waals surface area contributed by atoms with Gasteiger partial charge in [-0.05, 0) is 49.9 Å². The van der Waals surface area contributed by atoms with Crippen LogP contribution in [0.5, 0.6) is 0 Å². The third kappa shape index (κ3) is 4.11. The van der Waals surface area contributed by atoms with E-state index in [1.807, 2.05) is 32.0 Å². The maximum Gasteiger partial charge on any atom is 0.234 e. The highest BCUT2D eigenvalue weighted by atomic mass is 32.2. The SMILES string of the molecule is Cc1ccc(NC(=O)CSC2=C(C#N)C3(CCCCC3)C(C#N)=C(N)N2)cc1C. The van der Waals surface area contributed by atoms with Crippen molar-refractivity contribution in [1.29, 1.82) is 10.5 Å². The van der Waals surface area contributed by atoms with Gasteiger partial charge in [0, 0.05) is 11.1 Å². The number of anilines is 1. The molecule has 1 aliphatic heterocycles. The molecule has 1 aliphatic carbocycles. The molecule has 0 aromatic heterocycles. The molecule has 7 heteroatoms. The fourth-order valence-corrected chi connectivity index (χ4v) is 5.01. The third-order valence-corrected chi connectivity index (χ3v) is 6.77. The molecule has 0 saturated heterocycles. The first kappa shape index (κ1) is 20.8. The van der Waals surface area contributed by atoms with Gasteiger partial charge in [0.1, 0.15) is 5.82 Å². The predicted octanol–water partition coefficient (Wildman–Crippen LogP) is 3.96. The molecular weight excluding hydrogens is 382 g/mol. The molecule has 3 rings (SSSR count). The number of amides is 1. The number of rotatable bonds is 4. The van der Waals surface area contributed by atoms with E-state index < -0.39 is 5.41 Å². The second-order valence-electron chi connectivity index (χ2n) is 7.62. The molecule has 0 bridgehead atoms. The number of thioether (sulfide) groups is 1. The number of nitrogens with one attached hydrogen (secondary N) is 2. The van der Waals surface area contributed by atoms with E-state index in [-0.39, 0.29) is 11.7 Å². The molecule has 1 saturated carbocycles. The minimum atomic E-state index is -0.621. The number of hydrogen-bond acceptors (Lipinski definition) is 6. The second kappa shape index (κ2) is 8.63. The number of hydrogen-bond donors (Lipinski definition) is 3. The summed E-state index contributed by atoms with van der Waals surface area (Å²) in [6, 6.07) is 10.3. The Morgan fingerprint density at radius 2 is 1.86 bits per heavy atom. The lowest BCUT2D eigenvalue weighted by atomic mass is 9.64. The van der Waals surface area contributed by atoms with Crippen molar-refractivity contribution in [3.63, 3.8) is 0 Å². The van der Waals surface area contributed by atoms with Crippen molar-refractivity contribution in [2.75, 3.05) is 11.1 Å². The summed E-state index contributed by atoms with van der Waals surface area (Å²) in [4.78, 5) is 12.5. The van der Waals surface area contributed by atoms with Crippen molar-refractivity contribution < 1.29 is 4.79 Å². The molecule has 1 aromatic rings. The summed E-state index contributed by atoms with van der Waals surface area (Å²) in [7, 11) is 0. The van der Waals surface area contributed by atoms with Crippen LogP contribution < -0.4 is 16.4 Å². The van der Waals surface area contributed by atoms with Crippen LogP contribution in [0.25, 0.3) is 0 Å². The number of nitriles is 2. The van der Waals surface area contributed by atoms with Crippen LogP contribution in [0.3, 0.4) is 0 Å². The number of allylic oxidation sites excluding steroid dienone is 2. The van der Waals surface area contributed by atoms with E-state index in [4.69, 9.17) is 5.73 Å². The Hall–Kier alpha value is -2.90. The average Bonchev–Trinajstić information content (AvgIpc) is 2.70. The Balaban J connectivity index is 1.78. The number of nitrogens with zero attached hydrogens (tertiary/aromatic N) is 2. The molecule has 1 spiro atoms. The van der Waals surface area contributed by atoms with E-state index in [9.17, 15) is 15.3 Å². The van der Waals surface area contributed by atoms with Gasteiger partial charge in [0.2, 0.25) is 5.91 Å². The lowest BCUT2D eigenvalue weighted by Crippen LogP contribution is -2.39. The van der Waals surface area contributed by atoms with E-state index >= 15 is 0 Å². The van der Waals surface area contributed by atoms with Crippen LogP contribution in [0.4, 0.5) is 5.69 Å². The van der Waals surface area contributed by atoms with Crippen LogP contribution in [0.2, 0.25) is 0 Å². The van der Waals surface area contributed by atoms with Crippen LogP contribution in [0.1, 0.15) is 43.2 Å². The molecule has 1 amide bonds. The summed E-state index contributed by atoms with van der Waals surface area (Å²) in [5, 5.41) is 26.1. The molecule has 29 heavy (non-hydrogen) atoms. The van der Waals surface area contributed by atoms with Crippen LogP contribution in [-0.4, -0.2) is 11.7 Å². The minimum Gasteiger partial charge on any atom is -0.384 e. The first-order valence-electron chi connectivity index (χ1n) is 9.73. The Morgan fingerprint density at radius 1 is 1.17 bits per heavy atom. The molecule has 1 aromatic carbocycles. The smallest absolute Gasteiger partial charge is 0.234 e. The predicted molar refractivity (Wildman–Crippen MR) is 115 cm³/mol. The molecule has 1 fully saturated rings. The van der Waals surface area contributed by atoms with E-state index in [1.165, 1.54) is 17.3 Å². The maximum absolute atomic E-state index is 12.5. The largest absolute Gasteiger partial charge is 0.384 e. The summed E-state index contributed by atoms with van der Waals surface area (Å²) in [6.07, 6.45) is 4.47. The van der Waals surface area contributed by atoms with E-state index in [2.05, 4.69) is 22.8 Å². The van der Waals surface area contributed by atoms with E-state index in [0.717, 1.165) is 43.4 Å². The highest BCUT2D eigenvalue weighted by Crippen LogP contribution is 2.51. The number of nitrogens with two attached hydrogens (primary N) is 1. The summed E-state index contributed by atoms with van der Waals surface area (Å²) < 4.78 is 0. The fraction of sp³-hybridized carbons (Fsp3) is 0.409. The summed E-state index contributed by atoms with van der Waals surface area (Å²) in [5.41, 5.74) is 9.55. The topological polar surface area (TPSA) is 115 Å². The van der Waals surface area contributed by atoms with Gasteiger partial charge in [0.05, 0.1) is 34.1 Å². The van der Waals surface area contributed by atoms with Crippen molar-refractivity contribution >= 4 is 23.4 Å². The van der Waals surface area contributed by atoms with Crippen LogP contribution >= 0.6 is 11.8 Å². The van der Waals surface area contributed by atoms with Gasteiger partial charge in [-0.3, -0.25) is 4.79 Å². The van der Waals surface area contributed by atoms with Crippen molar-refractivity contribution in [1.82, 2.24) is 5.32 Å². The number of benzene rings is 1. The lowest BCUT2D eigenvalue weighted by molar-refractivity contribution is -0.113. The maximum atomic E-state index is 12.5. The van der Waals surface area contributed by atoms with Gasteiger partial charge >= 0.3 is 0 Å². The van der Waals surface area contributed by atoms with Gasteiger partial charge in [-0.15, -0.1) is 0 Å². The molecule has 4 N–H and O–H groups in total. The Morgan fingerprint density at radius 3 is 2.48 bits per heavy atom. The average molecular weight is 408 g/mol. The molecule has 0 atom stereocenters. The molecule has 1 heterocycles. The first-order chi connectivity index (χ1) is 13.9. The second-order valence-corrected chi connectivity index (χ2v) is 8.61. The van der Waals surface area contributed by atoms with Gasteiger partial charge in [0.15, 0.2) is 0 Å². The third-order valence-electron chi connectivity index (χ3n) is 5.77. The highest BCUT2D eigenvalue weighted by molar-refractivity contribution is 8.03. The number of carbonyl (C=O) groups is 1. The first-order valence-corrected chi connectivity index (χ1v) is 10.7. The minimum absolute atomic E-state index is 0.145. The Kier molecular flexibility index (Phi) is 6.20. The van der Waals surface area contributed by atoms with Gasteiger partial charge in [0.25, 0.3) is 0 Å². The normalized spacial score (nSPS) is 18.1. The number of dihydropyridines is 1. The Labute approximate surface area is 175 Å². The van der Waals surface area contributed by atoms with E-state index in [0.29, 0.717) is 22.0 Å². The van der Waals surface area contributed by atoms with Gasteiger partial charge in [-0.1, -0.05) is 37.1 Å². The molecular formula is C22H25N5OS. The number of aryl methyl sites for hydroxylation is 2. The monoisotopic (exact) mass is 407 g/mol. The fourth-order valence-electron chi connectivity index (χ4n) is 4.09. The summed E-state index contributed by atoms with van der Waals surface area (Å²) in [6.45, 7) is 4.02. The lowest BCUT2D eigenvalue weighted by Gasteiger charge is -2.40. The van der Waals surface area contributed by atoms with Crippen LogP contribution in [-0.2, 0) is 4.79 Å². The van der Waals surface area contributed by atoms with Gasteiger partial charge in [-0.25, -0.2) is 0 Å². The van der Waals surface area contributed by atoms with Crippen LogP contribution in [0.15, 0.2) is 40.2 Å². The van der Waals surface area contributed by atoms with E-state index in [1.54, 1.807) is 0 Å². The molecule has 6 nitrogen and oxygen atoms in total. The van der Waals surface area contributed by atoms with Gasteiger partial charge < -0.3 is 16.4 Å². The molecule has 0 radical (unpaired) electrons. The summed E-state index contributed by atoms with van der Waals surface area (Å²) in [5.74, 6) is 0.285. The van der Waals surface area contributed by atoms with Crippen molar-refractivity contribution in [3.05, 3.63) is 51.3 Å². The zero-order chi connectivity index (χ0) is 21.0. The summed E-state index contributed by atoms with van der Waals surface area (Å²) >= 11 is 1.26. The molecule has 2 aliphatic rings.